The number of alkyl halides is 6. The predicted molar refractivity (Wildman–Crippen MR) is 128 cm³/mol. The van der Waals surface area contributed by atoms with Gasteiger partial charge in [0.25, 0.3) is 0 Å². The smallest absolute Gasteiger partial charge is 0.417 e. The van der Waals surface area contributed by atoms with Crippen LogP contribution in [-0.4, -0.2) is 42.7 Å². The third kappa shape index (κ3) is 8.60. The molecular formula is C24H27F6LiO4P. The van der Waals surface area contributed by atoms with Crippen LogP contribution in [0.25, 0.3) is 0 Å². The maximum atomic E-state index is 13.6. The summed E-state index contributed by atoms with van der Waals surface area (Å²) in [5, 5.41) is 0.0543. The summed E-state index contributed by atoms with van der Waals surface area (Å²) in [7, 11) is -1.15. The maximum absolute atomic E-state index is 13.6. The molecule has 1 atom stereocenters. The minimum Gasteiger partial charge on any atom is -0.491 e. The van der Waals surface area contributed by atoms with Crippen molar-refractivity contribution in [1.29, 1.82) is 0 Å². The van der Waals surface area contributed by atoms with Crippen LogP contribution in [-0.2, 0) is 12.4 Å². The zero-order chi connectivity index (χ0) is 26.7. The average Bonchev–Trinajstić information content (AvgIpc) is 2.67. The number of ether oxygens (including phenoxy) is 3. The van der Waals surface area contributed by atoms with E-state index in [0.717, 1.165) is 0 Å². The third-order valence-corrected chi connectivity index (χ3v) is 5.50. The van der Waals surface area contributed by atoms with E-state index in [0.29, 0.717) is 23.9 Å². The Balaban J connectivity index is 0.00000648. The fourth-order valence-electron chi connectivity index (χ4n) is 3.17. The van der Waals surface area contributed by atoms with Crippen LogP contribution < -0.4 is 19.5 Å². The molecule has 1 unspecified atom stereocenters. The Morgan fingerprint density at radius 1 is 0.750 bits per heavy atom. The number of benzene rings is 2. The maximum Gasteiger partial charge on any atom is 0.417 e. The Morgan fingerprint density at radius 3 is 1.47 bits per heavy atom. The van der Waals surface area contributed by atoms with E-state index < -0.39 is 55.4 Å². The molecule has 4 nitrogen and oxygen atoms in total. The summed E-state index contributed by atoms with van der Waals surface area (Å²) in [6.07, 6.45) is -11.4. The summed E-state index contributed by atoms with van der Waals surface area (Å²) in [6.45, 7) is 10.3. The van der Waals surface area contributed by atoms with E-state index in [9.17, 15) is 31.1 Å². The number of carbonyl (C=O) groups excluding carboxylic acids is 1. The summed E-state index contributed by atoms with van der Waals surface area (Å²) in [6, 6.07) is 4.45. The molecule has 0 aliphatic rings. The molecule has 0 aromatic heterocycles. The van der Waals surface area contributed by atoms with Crippen molar-refractivity contribution in [2.45, 2.75) is 72.2 Å². The second-order valence-electron chi connectivity index (χ2n) is 8.47. The second-order valence-corrected chi connectivity index (χ2v) is 9.68. The normalized spacial score (nSPS) is 12.4. The molecule has 195 valence electrons. The van der Waals surface area contributed by atoms with Crippen molar-refractivity contribution < 1.29 is 45.3 Å². The molecule has 0 bridgehead atoms. The summed E-state index contributed by atoms with van der Waals surface area (Å²) >= 11 is 0. The fourth-order valence-corrected chi connectivity index (χ4v) is 4.30. The van der Waals surface area contributed by atoms with E-state index in [4.69, 9.17) is 14.2 Å². The van der Waals surface area contributed by atoms with Gasteiger partial charge in [-0.2, -0.15) is 26.3 Å². The summed E-state index contributed by atoms with van der Waals surface area (Å²) < 4.78 is 98.9. The number of rotatable bonds is 9. The Morgan fingerprint density at radius 2 is 1.14 bits per heavy atom. The predicted octanol–water partition coefficient (Wildman–Crippen LogP) is 6.85. The van der Waals surface area contributed by atoms with Crippen LogP contribution in [0.5, 0.6) is 17.2 Å². The third-order valence-electron chi connectivity index (χ3n) is 4.28. The molecule has 0 saturated carbocycles. The van der Waals surface area contributed by atoms with Crippen molar-refractivity contribution in [1.82, 2.24) is 0 Å². The topological polar surface area (TPSA) is 44.8 Å². The number of hydrogen-bond donors (Lipinski definition) is 0. The van der Waals surface area contributed by atoms with Gasteiger partial charge < -0.3 is 14.2 Å². The van der Waals surface area contributed by atoms with Crippen LogP contribution in [0.4, 0.5) is 26.3 Å². The van der Waals surface area contributed by atoms with Gasteiger partial charge >= 0.3 is 12.4 Å². The standard InChI is InChI=1S/C24H27F6O4P.Li/c1-12(2)32-15-10-18(33-13(3)4)21(19(11-15)34-14(5)6)35-22(31)20-16(23(25,26)27)8-7-9-17(20)24(28,29)30;/h7-14,35H,1-6H3;. The minimum atomic E-state index is -5.17. The van der Waals surface area contributed by atoms with Gasteiger partial charge in [0.05, 0.1) is 34.7 Å². The largest absolute Gasteiger partial charge is 0.491 e. The van der Waals surface area contributed by atoms with E-state index in [1.165, 1.54) is 12.1 Å². The molecule has 2 aromatic rings. The molecule has 0 saturated heterocycles. The van der Waals surface area contributed by atoms with Crippen LogP contribution >= 0.6 is 8.58 Å². The van der Waals surface area contributed by atoms with Gasteiger partial charge in [0, 0.05) is 36.6 Å². The van der Waals surface area contributed by atoms with Gasteiger partial charge in [-0.05, 0) is 62.3 Å². The van der Waals surface area contributed by atoms with Crippen molar-refractivity contribution in [2.75, 3.05) is 0 Å². The van der Waals surface area contributed by atoms with Gasteiger partial charge in [-0.25, -0.2) is 0 Å². The molecule has 0 aliphatic heterocycles. The van der Waals surface area contributed by atoms with Crippen LogP contribution in [0.1, 0.15) is 63.0 Å². The Kier molecular flexibility index (Phi) is 11.2. The SMILES string of the molecule is CC(C)Oc1cc(OC(C)C)c(PC(=O)c2c(C(F)(F)F)cccc2C(F)(F)F)c(OC(C)C)c1.[Li]. The molecule has 0 heterocycles. The van der Waals surface area contributed by atoms with Crippen LogP contribution in [0.15, 0.2) is 30.3 Å². The zero-order valence-electron chi connectivity index (χ0n) is 21.0. The molecule has 0 amide bonds. The summed E-state index contributed by atoms with van der Waals surface area (Å²) in [4.78, 5) is 13.2. The molecule has 36 heavy (non-hydrogen) atoms. The molecule has 0 fully saturated rings. The second kappa shape index (κ2) is 12.6. The van der Waals surface area contributed by atoms with E-state index in [1.54, 1.807) is 41.5 Å². The molecule has 2 rings (SSSR count). The first kappa shape index (κ1) is 32.1. The van der Waals surface area contributed by atoms with Gasteiger partial charge in [0.2, 0.25) is 0 Å². The molecule has 12 heteroatoms. The van der Waals surface area contributed by atoms with Crippen LogP contribution in [0.3, 0.4) is 0 Å². The average molecular weight is 531 g/mol. The zero-order valence-corrected chi connectivity index (χ0v) is 22.0. The Labute approximate surface area is 220 Å². The van der Waals surface area contributed by atoms with Gasteiger partial charge in [0.15, 0.2) is 5.52 Å². The number of halogens is 6. The first-order chi connectivity index (χ1) is 16.0. The van der Waals surface area contributed by atoms with Crippen LogP contribution in [0.2, 0.25) is 0 Å². The Bertz CT molecular complexity index is 989. The van der Waals surface area contributed by atoms with Crippen molar-refractivity contribution >= 4 is 38.3 Å². The Hall–Kier alpha value is -1.88. The first-order valence-corrected chi connectivity index (χ1v) is 11.8. The molecule has 0 spiro atoms. The molecule has 2 aromatic carbocycles. The van der Waals surface area contributed by atoms with E-state index in [-0.39, 0.29) is 41.8 Å². The van der Waals surface area contributed by atoms with E-state index in [2.05, 4.69) is 0 Å². The van der Waals surface area contributed by atoms with Crippen molar-refractivity contribution in [3.05, 3.63) is 47.0 Å². The number of carbonyl (C=O) groups is 1. The van der Waals surface area contributed by atoms with E-state index in [1.807, 2.05) is 0 Å². The summed E-state index contributed by atoms with van der Waals surface area (Å²) in [5.41, 5.74) is -6.08. The molecule has 0 N–H and O–H groups in total. The monoisotopic (exact) mass is 531 g/mol. The van der Waals surface area contributed by atoms with Gasteiger partial charge in [0.1, 0.15) is 17.2 Å². The molecular weight excluding hydrogens is 504 g/mol. The quantitative estimate of drug-likeness (QED) is 0.202. The minimum absolute atomic E-state index is 0. The molecule has 0 aliphatic carbocycles. The number of hydrogen-bond acceptors (Lipinski definition) is 4. The van der Waals surface area contributed by atoms with Gasteiger partial charge in [-0.15, -0.1) is 0 Å². The van der Waals surface area contributed by atoms with Crippen molar-refractivity contribution in [2.24, 2.45) is 0 Å². The van der Waals surface area contributed by atoms with Crippen molar-refractivity contribution in [3.8, 4) is 17.2 Å². The van der Waals surface area contributed by atoms with Crippen LogP contribution in [0, 0.1) is 0 Å². The first-order valence-electron chi connectivity index (χ1n) is 10.8. The van der Waals surface area contributed by atoms with Gasteiger partial charge in [-0.3, -0.25) is 4.79 Å². The fraction of sp³-hybridized carbons (Fsp3) is 0.458. The molecule has 1 radical (unpaired) electrons. The van der Waals surface area contributed by atoms with E-state index >= 15 is 0 Å². The van der Waals surface area contributed by atoms with Gasteiger partial charge in [-0.1, -0.05) is 6.07 Å². The van der Waals surface area contributed by atoms with Crippen molar-refractivity contribution in [3.63, 3.8) is 0 Å². The summed E-state index contributed by atoms with van der Waals surface area (Å²) in [5.74, 6) is 0.482.